The zero-order valence-corrected chi connectivity index (χ0v) is 11.7. The molecule has 1 fully saturated rings. The Kier molecular flexibility index (Phi) is 3.64. The number of nitrogens with one attached hydrogen (secondary N) is 1. The van der Waals surface area contributed by atoms with E-state index < -0.39 is 12.0 Å². The fourth-order valence-electron chi connectivity index (χ4n) is 2.98. The first kappa shape index (κ1) is 13.7. The summed E-state index contributed by atoms with van der Waals surface area (Å²) in [4.78, 5) is 28.0. The average molecular weight is 286 g/mol. The maximum absolute atomic E-state index is 12.2. The Morgan fingerprint density at radius 3 is 3.00 bits per heavy atom. The lowest BCUT2D eigenvalue weighted by molar-refractivity contribution is -0.148. The molecule has 0 bridgehead atoms. The number of carboxylic acid groups (broad SMARTS) is 1. The minimum Gasteiger partial charge on any atom is -0.480 e. The van der Waals surface area contributed by atoms with Crippen LogP contribution < -0.4 is 0 Å². The van der Waals surface area contributed by atoms with E-state index in [-0.39, 0.29) is 5.91 Å². The first-order chi connectivity index (χ1) is 10.1. The molecule has 1 aliphatic rings. The van der Waals surface area contributed by atoms with Gasteiger partial charge in [-0.2, -0.15) is 0 Å². The fraction of sp³-hybridized carbons (Fsp3) is 0.375. The molecule has 0 radical (unpaired) electrons. The molecule has 110 valence electrons. The van der Waals surface area contributed by atoms with Crippen molar-refractivity contribution in [2.75, 3.05) is 6.54 Å². The van der Waals surface area contributed by atoms with Crippen LogP contribution in [0.15, 0.2) is 30.5 Å². The van der Waals surface area contributed by atoms with E-state index >= 15 is 0 Å². The summed E-state index contributed by atoms with van der Waals surface area (Å²) in [5.74, 6) is -0.955. The van der Waals surface area contributed by atoms with Gasteiger partial charge in [0.05, 0.1) is 0 Å². The molecule has 5 heteroatoms. The van der Waals surface area contributed by atoms with Gasteiger partial charge in [-0.25, -0.2) is 4.79 Å². The molecule has 1 aliphatic heterocycles. The number of aromatic amines is 1. The van der Waals surface area contributed by atoms with Crippen molar-refractivity contribution in [3.8, 4) is 0 Å². The number of hydrogen-bond acceptors (Lipinski definition) is 2. The van der Waals surface area contributed by atoms with Crippen molar-refractivity contribution in [1.82, 2.24) is 9.88 Å². The molecule has 1 aromatic heterocycles. The van der Waals surface area contributed by atoms with Gasteiger partial charge in [-0.05, 0) is 48.4 Å². The van der Waals surface area contributed by atoms with Crippen LogP contribution in [0, 0.1) is 0 Å². The number of aliphatic carboxylic acids is 1. The quantitative estimate of drug-likeness (QED) is 0.904. The monoisotopic (exact) mass is 286 g/mol. The second kappa shape index (κ2) is 5.60. The zero-order valence-electron chi connectivity index (χ0n) is 11.7. The molecule has 2 N–H and O–H groups in total. The van der Waals surface area contributed by atoms with Gasteiger partial charge in [-0.3, -0.25) is 4.79 Å². The van der Waals surface area contributed by atoms with Crippen molar-refractivity contribution >= 4 is 22.8 Å². The summed E-state index contributed by atoms with van der Waals surface area (Å²) in [5, 5.41) is 10.2. The van der Waals surface area contributed by atoms with Gasteiger partial charge in [0, 0.05) is 24.7 Å². The third-order valence-corrected chi connectivity index (χ3v) is 4.10. The zero-order chi connectivity index (χ0) is 14.8. The molecule has 0 unspecified atom stereocenters. The van der Waals surface area contributed by atoms with E-state index in [1.165, 1.54) is 4.90 Å². The number of likely N-dealkylation sites (tertiary alicyclic amines) is 1. The fourth-order valence-corrected chi connectivity index (χ4v) is 2.98. The van der Waals surface area contributed by atoms with Crippen LogP contribution in [0.2, 0.25) is 0 Å². The lowest BCUT2D eigenvalue weighted by atomic mass is 10.1. The Bertz CT molecular complexity index is 677. The molecule has 1 saturated heterocycles. The van der Waals surface area contributed by atoms with Crippen molar-refractivity contribution in [2.24, 2.45) is 0 Å². The standard InChI is InChI=1S/C16H18N2O3/c19-15(18-9-1-2-14(18)16(20)21)6-4-11-3-5-13-12(10-11)7-8-17-13/h3,5,7-8,10,14,17H,1-2,4,6,9H2,(H,20,21)/t14-/m1/s1. The Labute approximate surface area is 122 Å². The number of nitrogens with zero attached hydrogens (tertiary/aromatic N) is 1. The van der Waals surface area contributed by atoms with Gasteiger partial charge in [0.15, 0.2) is 0 Å². The lowest BCUT2D eigenvalue weighted by Gasteiger charge is -2.21. The molecule has 21 heavy (non-hydrogen) atoms. The van der Waals surface area contributed by atoms with Gasteiger partial charge in [-0.15, -0.1) is 0 Å². The summed E-state index contributed by atoms with van der Waals surface area (Å²) >= 11 is 0. The van der Waals surface area contributed by atoms with Gasteiger partial charge in [0.25, 0.3) is 0 Å². The minimum absolute atomic E-state index is 0.0611. The number of aryl methyl sites for hydroxylation is 1. The molecule has 2 aromatic rings. The van der Waals surface area contributed by atoms with Crippen LogP contribution >= 0.6 is 0 Å². The van der Waals surface area contributed by atoms with Crippen LogP contribution in [0.25, 0.3) is 10.9 Å². The number of carbonyl (C=O) groups is 2. The van der Waals surface area contributed by atoms with Gasteiger partial charge >= 0.3 is 5.97 Å². The highest BCUT2D eigenvalue weighted by molar-refractivity contribution is 5.84. The minimum atomic E-state index is -0.894. The van der Waals surface area contributed by atoms with E-state index in [1.54, 1.807) is 0 Å². The summed E-state index contributed by atoms with van der Waals surface area (Å²) in [7, 11) is 0. The van der Waals surface area contributed by atoms with Crippen LogP contribution in [0.5, 0.6) is 0 Å². The van der Waals surface area contributed by atoms with Crippen LogP contribution in [0.4, 0.5) is 0 Å². The van der Waals surface area contributed by atoms with Gasteiger partial charge in [-0.1, -0.05) is 6.07 Å². The molecule has 1 amide bonds. The van der Waals surface area contributed by atoms with Gasteiger partial charge < -0.3 is 15.0 Å². The van der Waals surface area contributed by atoms with Crippen molar-refractivity contribution in [1.29, 1.82) is 0 Å². The summed E-state index contributed by atoms with van der Waals surface area (Å²) in [5.41, 5.74) is 2.18. The number of amides is 1. The maximum atomic E-state index is 12.2. The topological polar surface area (TPSA) is 73.4 Å². The smallest absolute Gasteiger partial charge is 0.326 e. The number of carbonyl (C=O) groups excluding carboxylic acids is 1. The largest absolute Gasteiger partial charge is 0.480 e. The molecule has 2 heterocycles. The third kappa shape index (κ3) is 2.77. The number of benzene rings is 1. The van der Waals surface area contributed by atoms with Crippen LogP contribution in [-0.4, -0.2) is 39.5 Å². The highest BCUT2D eigenvalue weighted by Gasteiger charge is 2.33. The maximum Gasteiger partial charge on any atom is 0.326 e. The number of fused-ring (bicyclic) bond motifs is 1. The van der Waals surface area contributed by atoms with Crippen LogP contribution in [0.1, 0.15) is 24.8 Å². The van der Waals surface area contributed by atoms with E-state index in [0.717, 1.165) is 22.9 Å². The van der Waals surface area contributed by atoms with E-state index in [0.29, 0.717) is 25.8 Å². The van der Waals surface area contributed by atoms with Gasteiger partial charge in [0.1, 0.15) is 6.04 Å². The Balaban J connectivity index is 1.63. The van der Waals surface area contributed by atoms with Crippen LogP contribution in [-0.2, 0) is 16.0 Å². The molecular weight excluding hydrogens is 268 g/mol. The van der Waals surface area contributed by atoms with Crippen molar-refractivity contribution in [3.63, 3.8) is 0 Å². The van der Waals surface area contributed by atoms with Crippen LogP contribution in [0.3, 0.4) is 0 Å². The predicted molar refractivity (Wildman–Crippen MR) is 79.0 cm³/mol. The molecule has 1 aromatic carbocycles. The number of rotatable bonds is 4. The van der Waals surface area contributed by atoms with E-state index in [1.807, 2.05) is 24.4 Å². The number of aromatic nitrogens is 1. The summed E-state index contributed by atoms with van der Waals surface area (Å²) < 4.78 is 0. The van der Waals surface area contributed by atoms with Crippen molar-refractivity contribution in [2.45, 2.75) is 31.7 Å². The van der Waals surface area contributed by atoms with Crippen molar-refractivity contribution < 1.29 is 14.7 Å². The van der Waals surface area contributed by atoms with Crippen molar-refractivity contribution in [3.05, 3.63) is 36.0 Å². The van der Waals surface area contributed by atoms with E-state index in [4.69, 9.17) is 5.11 Å². The number of hydrogen-bond donors (Lipinski definition) is 2. The normalized spacial score (nSPS) is 18.3. The summed E-state index contributed by atoms with van der Waals surface area (Å²) in [6.07, 6.45) is 4.23. The Morgan fingerprint density at radius 1 is 1.33 bits per heavy atom. The second-order valence-electron chi connectivity index (χ2n) is 5.48. The SMILES string of the molecule is O=C(O)[C@H]1CCCN1C(=O)CCc1ccc2[nH]ccc2c1. The first-order valence-electron chi connectivity index (χ1n) is 7.23. The number of carboxylic acids is 1. The predicted octanol–water partition coefficient (Wildman–Crippen LogP) is 2.18. The van der Waals surface area contributed by atoms with E-state index in [2.05, 4.69) is 11.1 Å². The second-order valence-corrected chi connectivity index (χ2v) is 5.48. The molecule has 0 aliphatic carbocycles. The molecule has 3 rings (SSSR count). The molecular formula is C16H18N2O3. The third-order valence-electron chi connectivity index (χ3n) is 4.10. The lowest BCUT2D eigenvalue weighted by Crippen LogP contribution is -2.40. The van der Waals surface area contributed by atoms with Gasteiger partial charge in [0.2, 0.25) is 5.91 Å². The molecule has 5 nitrogen and oxygen atoms in total. The Hall–Kier alpha value is -2.30. The highest BCUT2D eigenvalue weighted by atomic mass is 16.4. The summed E-state index contributed by atoms with van der Waals surface area (Å²) in [6.45, 7) is 0.562. The average Bonchev–Trinajstić information content (AvgIpc) is 3.12. The highest BCUT2D eigenvalue weighted by Crippen LogP contribution is 2.20. The molecule has 1 atom stereocenters. The number of H-pyrrole nitrogens is 1. The molecule has 0 saturated carbocycles. The van der Waals surface area contributed by atoms with E-state index in [9.17, 15) is 9.59 Å². The summed E-state index contributed by atoms with van der Waals surface area (Å²) in [6, 6.07) is 7.44. The molecule has 0 spiro atoms. The first-order valence-corrected chi connectivity index (χ1v) is 7.23. The Morgan fingerprint density at radius 2 is 2.19 bits per heavy atom.